The number of piperidine rings is 3. The molecule has 0 amide bonds. The summed E-state index contributed by atoms with van der Waals surface area (Å²) in [7, 11) is 0. The fourth-order valence-electron chi connectivity index (χ4n) is 5.29. The van der Waals surface area contributed by atoms with Crippen molar-refractivity contribution in [1.29, 1.82) is 0 Å². The molecular formula is C26H35NO. The van der Waals surface area contributed by atoms with Gasteiger partial charge in [-0.1, -0.05) is 75.4 Å². The lowest BCUT2D eigenvalue weighted by molar-refractivity contribution is -0.106. The SMILES string of the molecule is CC(C)(C)c1ccc(C(O)(CCc2ccccc2)C2CN3CCC2CC3)cc1. The Bertz CT molecular complexity index is 768. The molecule has 1 N–H and O–H groups in total. The van der Waals surface area contributed by atoms with Crippen molar-refractivity contribution in [1.82, 2.24) is 4.90 Å². The monoisotopic (exact) mass is 377 g/mol. The van der Waals surface area contributed by atoms with Gasteiger partial charge in [-0.15, -0.1) is 0 Å². The number of hydrogen-bond donors (Lipinski definition) is 1. The van der Waals surface area contributed by atoms with Crippen molar-refractivity contribution in [2.24, 2.45) is 11.8 Å². The van der Waals surface area contributed by atoms with Crippen molar-refractivity contribution in [3.63, 3.8) is 0 Å². The average molecular weight is 378 g/mol. The Hall–Kier alpha value is -1.64. The van der Waals surface area contributed by atoms with Crippen LogP contribution in [-0.4, -0.2) is 29.6 Å². The summed E-state index contributed by atoms with van der Waals surface area (Å²) in [6.07, 6.45) is 4.18. The van der Waals surface area contributed by atoms with Crippen molar-refractivity contribution in [3.8, 4) is 0 Å². The van der Waals surface area contributed by atoms with Crippen molar-refractivity contribution in [2.75, 3.05) is 19.6 Å². The van der Waals surface area contributed by atoms with Gasteiger partial charge in [0.15, 0.2) is 0 Å². The topological polar surface area (TPSA) is 23.5 Å². The quantitative estimate of drug-likeness (QED) is 0.779. The second-order valence-electron chi connectivity index (χ2n) is 9.98. The molecule has 3 heterocycles. The molecule has 28 heavy (non-hydrogen) atoms. The minimum Gasteiger partial charge on any atom is -0.385 e. The summed E-state index contributed by atoms with van der Waals surface area (Å²) in [4.78, 5) is 2.56. The maximum Gasteiger partial charge on any atom is 0.0942 e. The van der Waals surface area contributed by atoms with E-state index in [9.17, 15) is 5.11 Å². The summed E-state index contributed by atoms with van der Waals surface area (Å²) in [5, 5.41) is 12.2. The zero-order chi connectivity index (χ0) is 19.8. The third-order valence-electron chi connectivity index (χ3n) is 7.16. The second-order valence-corrected chi connectivity index (χ2v) is 9.98. The first kappa shape index (κ1) is 19.7. The van der Waals surface area contributed by atoms with Gasteiger partial charge in [0.05, 0.1) is 5.60 Å². The van der Waals surface area contributed by atoms with E-state index in [-0.39, 0.29) is 5.41 Å². The molecule has 0 radical (unpaired) electrons. The molecule has 2 aromatic carbocycles. The Morgan fingerprint density at radius 1 is 0.893 bits per heavy atom. The third kappa shape index (κ3) is 3.90. The van der Waals surface area contributed by atoms with Gasteiger partial charge in [-0.25, -0.2) is 0 Å². The van der Waals surface area contributed by atoms with Gasteiger partial charge >= 0.3 is 0 Å². The molecule has 3 fully saturated rings. The highest BCUT2D eigenvalue weighted by molar-refractivity contribution is 5.32. The van der Waals surface area contributed by atoms with Crippen LogP contribution in [0.4, 0.5) is 0 Å². The smallest absolute Gasteiger partial charge is 0.0942 e. The van der Waals surface area contributed by atoms with Crippen LogP contribution in [0.15, 0.2) is 54.6 Å². The molecule has 3 aliphatic rings. The van der Waals surface area contributed by atoms with Crippen molar-refractivity contribution in [3.05, 3.63) is 71.3 Å². The van der Waals surface area contributed by atoms with Gasteiger partial charge in [0.2, 0.25) is 0 Å². The summed E-state index contributed by atoms with van der Waals surface area (Å²) in [5.74, 6) is 0.979. The summed E-state index contributed by atoms with van der Waals surface area (Å²) in [6, 6.07) is 19.5. The van der Waals surface area contributed by atoms with E-state index in [1.54, 1.807) is 0 Å². The number of aryl methyl sites for hydroxylation is 1. The number of rotatable bonds is 5. The lowest BCUT2D eigenvalue weighted by atomic mass is 9.66. The minimum atomic E-state index is -0.754. The highest BCUT2D eigenvalue weighted by Crippen LogP contribution is 2.46. The summed E-state index contributed by atoms with van der Waals surface area (Å²) < 4.78 is 0. The van der Waals surface area contributed by atoms with Crippen molar-refractivity contribution in [2.45, 2.75) is 57.5 Å². The van der Waals surface area contributed by atoms with Crippen molar-refractivity contribution >= 4 is 0 Å². The Labute approximate surface area is 170 Å². The molecule has 2 bridgehead atoms. The third-order valence-corrected chi connectivity index (χ3v) is 7.16. The minimum absolute atomic E-state index is 0.135. The molecule has 3 saturated heterocycles. The Kier molecular flexibility index (Phi) is 5.37. The van der Waals surface area contributed by atoms with E-state index in [1.165, 1.54) is 37.1 Å². The van der Waals surface area contributed by atoms with Crippen LogP contribution in [0.3, 0.4) is 0 Å². The number of benzene rings is 2. The van der Waals surface area contributed by atoms with E-state index in [0.717, 1.165) is 24.9 Å². The van der Waals surface area contributed by atoms with Crippen LogP contribution >= 0.6 is 0 Å². The van der Waals surface area contributed by atoms with Crippen LogP contribution < -0.4 is 0 Å². The Morgan fingerprint density at radius 2 is 1.50 bits per heavy atom. The molecule has 0 saturated carbocycles. The lowest BCUT2D eigenvalue weighted by Gasteiger charge is -2.51. The van der Waals surface area contributed by atoms with E-state index < -0.39 is 5.60 Å². The van der Waals surface area contributed by atoms with Gasteiger partial charge in [-0.05, 0) is 66.8 Å². The molecule has 2 aromatic rings. The van der Waals surface area contributed by atoms with Crippen molar-refractivity contribution < 1.29 is 5.11 Å². The Morgan fingerprint density at radius 3 is 2.04 bits per heavy atom. The van der Waals surface area contributed by atoms with E-state index in [4.69, 9.17) is 0 Å². The number of fused-ring (bicyclic) bond motifs is 3. The van der Waals surface area contributed by atoms with Crippen LogP contribution in [0.2, 0.25) is 0 Å². The van der Waals surface area contributed by atoms with Gasteiger partial charge in [0.25, 0.3) is 0 Å². The zero-order valence-electron chi connectivity index (χ0n) is 17.7. The predicted octanol–water partition coefficient (Wildman–Crippen LogP) is 5.15. The van der Waals surface area contributed by atoms with E-state index in [0.29, 0.717) is 11.8 Å². The van der Waals surface area contributed by atoms with Gasteiger partial charge in [0, 0.05) is 12.5 Å². The van der Waals surface area contributed by atoms with Crippen LogP contribution in [0.25, 0.3) is 0 Å². The Balaban J connectivity index is 1.64. The van der Waals surface area contributed by atoms with Crippen LogP contribution in [0, 0.1) is 11.8 Å². The number of hydrogen-bond acceptors (Lipinski definition) is 2. The van der Waals surface area contributed by atoms with Crippen LogP contribution in [0.5, 0.6) is 0 Å². The average Bonchev–Trinajstić information content (AvgIpc) is 2.73. The predicted molar refractivity (Wildman–Crippen MR) is 116 cm³/mol. The maximum absolute atomic E-state index is 12.2. The molecule has 2 heteroatoms. The second kappa shape index (κ2) is 7.65. The van der Waals surface area contributed by atoms with Crippen LogP contribution in [-0.2, 0) is 17.4 Å². The molecule has 3 aliphatic heterocycles. The molecule has 2 atom stereocenters. The summed E-state index contributed by atoms with van der Waals surface area (Å²) in [6.45, 7) is 10.2. The molecular weight excluding hydrogens is 342 g/mol. The molecule has 2 nitrogen and oxygen atoms in total. The molecule has 2 unspecified atom stereocenters. The standard InChI is InChI=1S/C26H35NO/c1-25(2,3)22-9-11-23(12-10-22)26(28,16-13-20-7-5-4-6-8-20)24-19-27-17-14-21(24)15-18-27/h4-12,21,24,28H,13-19H2,1-3H3. The van der Waals surface area contributed by atoms with Gasteiger partial charge < -0.3 is 10.0 Å². The molecule has 0 aromatic heterocycles. The fourth-order valence-corrected chi connectivity index (χ4v) is 5.29. The largest absolute Gasteiger partial charge is 0.385 e. The molecule has 0 aliphatic carbocycles. The fraction of sp³-hybridized carbons (Fsp3) is 0.538. The number of aliphatic hydroxyl groups is 1. The molecule has 0 spiro atoms. The van der Waals surface area contributed by atoms with Crippen LogP contribution in [0.1, 0.15) is 56.7 Å². The number of nitrogens with zero attached hydrogens (tertiary/aromatic N) is 1. The lowest BCUT2D eigenvalue weighted by Crippen LogP contribution is -2.55. The highest BCUT2D eigenvalue weighted by atomic mass is 16.3. The molecule has 150 valence electrons. The summed E-state index contributed by atoms with van der Waals surface area (Å²) in [5.41, 5.74) is 3.13. The first-order chi connectivity index (χ1) is 13.4. The van der Waals surface area contributed by atoms with Gasteiger partial charge in [-0.2, -0.15) is 0 Å². The maximum atomic E-state index is 12.2. The van der Waals surface area contributed by atoms with E-state index >= 15 is 0 Å². The highest BCUT2D eigenvalue weighted by Gasteiger charge is 2.47. The van der Waals surface area contributed by atoms with E-state index in [1.807, 2.05) is 0 Å². The van der Waals surface area contributed by atoms with Gasteiger partial charge in [0.1, 0.15) is 0 Å². The normalized spacial score (nSPS) is 26.8. The van der Waals surface area contributed by atoms with E-state index in [2.05, 4.69) is 80.3 Å². The molecule has 5 rings (SSSR count). The first-order valence-corrected chi connectivity index (χ1v) is 11.0. The first-order valence-electron chi connectivity index (χ1n) is 11.0. The van der Waals surface area contributed by atoms with Gasteiger partial charge in [-0.3, -0.25) is 0 Å². The summed E-state index contributed by atoms with van der Waals surface area (Å²) >= 11 is 0. The zero-order valence-corrected chi connectivity index (χ0v) is 17.7.